The second kappa shape index (κ2) is 8.75. The first-order chi connectivity index (χ1) is 15.2. The van der Waals surface area contributed by atoms with Gasteiger partial charge in [-0.05, 0) is 23.8 Å². The van der Waals surface area contributed by atoms with Gasteiger partial charge in [-0.25, -0.2) is 27.2 Å². The fourth-order valence-corrected chi connectivity index (χ4v) is 5.14. The van der Waals surface area contributed by atoms with Crippen molar-refractivity contribution in [2.24, 2.45) is 0 Å². The van der Waals surface area contributed by atoms with Crippen molar-refractivity contribution in [1.82, 2.24) is 14.5 Å². The van der Waals surface area contributed by atoms with Crippen molar-refractivity contribution in [3.8, 4) is 0 Å². The second-order valence-corrected chi connectivity index (χ2v) is 9.84. The number of benzene rings is 2. The Morgan fingerprint density at radius 3 is 2.59 bits per heavy atom. The van der Waals surface area contributed by atoms with Crippen LogP contribution in [-0.2, 0) is 21.2 Å². The lowest BCUT2D eigenvalue weighted by atomic mass is 10.2. The van der Waals surface area contributed by atoms with E-state index >= 15 is 0 Å². The number of rotatable bonds is 6. The molecule has 4 aromatic rings. The molecule has 0 spiro atoms. The summed E-state index contributed by atoms with van der Waals surface area (Å²) in [5.41, 5.74) is 1.07. The highest BCUT2D eigenvalue weighted by atomic mass is 79.9. The zero-order chi connectivity index (χ0) is 22.9. The summed E-state index contributed by atoms with van der Waals surface area (Å²) in [6.07, 6.45) is 5.10. The molecule has 0 aliphatic rings. The third kappa shape index (κ3) is 4.68. The lowest BCUT2D eigenvalue weighted by Crippen LogP contribution is -2.23. The quantitative estimate of drug-likeness (QED) is 0.415. The van der Waals surface area contributed by atoms with Crippen molar-refractivity contribution in [3.05, 3.63) is 83.0 Å². The van der Waals surface area contributed by atoms with Crippen LogP contribution in [0.15, 0.2) is 70.7 Å². The minimum absolute atomic E-state index is 0.0675. The van der Waals surface area contributed by atoms with Crippen LogP contribution in [0.1, 0.15) is 5.56 Å². The number of nitrogens with zero attached hydrogens (tertiary/aromatic N) is 3. The van der Waals surface area contributed by atoms with Gasteiger partial charge in [0, 0.05) is 23.3 Å². The number of carbonyl (C=O) groups excluding carboxylic acids is 1. The van der Waals surface area contributed by atoms with Crippen molar-refractivity contribution < 1.29 is 22.0 Å². The molecule has 0 fully saturated rings. The maximum absolute atomic E-state index is 14.7. The zero-order valence-corrected chi connectivity index (χ0v) is 18.7. The van der Waals surface area contributed by atoms with E-state index in [1.54, 1.807) is 12.1 Å². The molecule has 4 rings (SSSR count). The van der Waals surface area contributed by atoms with Crippen molar-refractivity contribution in [1.29, 1.82) is 0 Å². The van der Waals surface area contributed by atoms with Crippen LogP contribution >= 0.6 is 15.9 Å². The van der Waals surface area contributed by atoms with Gasteiger partial charge in [0.1, 0.15) is 23.7 Å². The Morgan fingerprint density at radius 1 is 1.12 bits per heavy atom. The normalized spacial score (nSPS) is 11.6. The van der Waals surface area contributed by atoms with E-state index in [4.69, 9.17) is 0 Å². The van der Waals surface area contributed by atoms with Crippen LogP contribution in [0.2, 0.25) is 0 Å². The molecule has 1 N–H and O–H groups in total. The van der Waals surface area contributed by atoms with Crippen LogP contribution in [0.4, 0.5) is 14.5 Å². The molecule has 0 aliphatic heterocycles. The lowest BCUT2D eigenvalue weighted by Gasteiger charge is -2.06. The minimum Gasteiger partial charge on any atom is -0.342 e. The summed E-state index contributed by atoms with van der Waals surface area (Å²) in [4.78, 5) is 19.4. The largest absolute Gasteiger partial charge is 0.342 e. The van der Waals surface area contributed by atoms with E-state index in [9.17, 15) is 22.0 Å². The first-order valence-corrected chi connectivity index (χ1v) is 11.7. The molecule has 0 unspecified atom stereocenters. The molecule has 0 aliphatic carbocycles. The van der Waals surface area contributed by atoms with Gasteiger partial charge in [0.05, 0.1) is 33.9 Å². The summed E-state index contributed by atoms with van der Waals surface area (Å²) < 4.78 is 57.0. The highest BCUT2D eigenvalue weighted by Gasteiger charge is 2.27. The van der Waals surface area contributed by atoms with Gasteiger partial charge < -0.3 is 9.88 Å². The van der Waals surface area contributed by atoms with Crippen LogP contribution in [-0.4, -0.2) is 34.6 Å². The molecule has 0 radical (unpaired) electrons. The molecular weight excluding hydrogens is 506 g/mol. The third-order valence-electron chi connectivity index (χ3n) is 4.61. The van der Waals surface area contributed by atoms with Crippen molar-refractivity contribution in [2.45, 2.75) is 11.4 Å². The lowest BCUT2D eigenvalue weighted by molar-refractivity contribution is -0.113. The third-order valence-corrected chi connectivity index (χ3v) is 6.72. The molecule has 0 bridgehead atoms. The molecule has 0 saturated carbocycles. The summed E-state index contributed by atoms with van der Waals surface area (Å²) in [6.45, 7) is 0.169. The number of carbonyl (C=O) groups is 1. The average molecular weight is 521 g/mol. The summed E-state index contributed by atoms with van der Waals surface area (Å²) in [6, 6.07) is 8.91. The number of hydrogen-bond donors (Lipinski definition) is 1. The fraction of sp³-hybridized carbons (Fsp3) is 0.0952. The molecule has 11 heteroatoms. The summed E-state index contributed by atoms with van der Waals surface area (Å²) in [5, 5.41) is 2.12. The first-order valence-electron chi connectivity index (χ1n) is 9.23. The monoisotopic (exact) mass is 520 g/mol. The number of nitrogens with one attached hydrogen (secondary N) is 1. The Bertz CT molecular complexity index is 1430. The molecule has 2 heterocycles. The second-order valence-electron chi connectivity index (χ2n) is 6.97. The Hall–Kier alpha value is -3.18. The molecule has 32 heavy (non-hydrogen) atoms. The Balaban J connectivity index is 1.73. The molecule has 164 valence electrons. The fourth-order valence-electron chi connectivity index (χ4n) is 3.32. The van der Waals surface area contributed by atoms with Crippen LogP contribution in [0.3, 0.4) is 0 Å². The molecule has 2 aromatic heterocycles. The van der Waals surface area contributed by atoms with E-state index in [2.05, 4.69) is 31.2 Å². The molecule has 0 saturated heterocycles. The van der Waals surface area contributed by atoms with Crippen molar-refractivity contribution in [2.75, 3.05) is 11.1 Å². The first kappa shape index (κ1) is 22.0. The van der Waals surface area contributed by atoms with Gasteiger partial charge >= 0.3 is 0 Å². The van der Waals surface area contributed by atoms with Gasteiger partial charge in [-0.3, -0.25) is 4.79 Å². The number of aromatic nitrogens is 3. The highest BCUT2D eigenvalue weighted by molar-refractivity contribution is 9.10. The molecular formula is C21H15BrF2N4O3S. The molecule has 0 atom stereocenters. The number of anilines is 1. The predicted molar refractivity (Wildman–Crippen MR) is 118 cm³/mol. The highest BCUT2D eigenvalue weighted by Crippen LogP contribution is 2.31. The van der Waals surface area contributed by atoms with Gasteiger partial charge in [-0.2, -0.15) is 0 Å². The summed E-state index contributed by atoms with van der Waals surface area (Å²) in [5.74, 6) is -3.64. The maximum atomic E-state index is 14.7. The number of hydrogen-bond acceptors (Lipinski definition) is 5. The number of halogens is 3. The predicted octanol–water partition coefficient (Wildman–Crippen LogP) is 3.93. The van der Waals surface area contributed by atoms with E-state index < -0.39 is 33.1 Å². The summed E-state index contributed by atoms with van der Waals surface area (Å²) in [7, 11) is -4.27. The van der Waals surface area contributed by atoms with Crippen molar-refractivity contribution >= 4 is 48.3 Å². The minimum atomic E-state index is -4.27. The van der Waals surface area contributed by atoms with E-state index in [1.165, 1.54) is 29.5 Å². The van der Waals surface area contributed by atoms with Gasteiger partial charge in [-0.15, -0.1) is 0 Å². The van der Waals surface area contributed by atoms with E-state index in [-0.39, 0.29) is 28.0 Å². The molecule has 7 nitrogen and oxygen atoms in total. The standard InChI is InChI=1S/C21H15BrF2N4O3S/c22-14-3-1-2-13(4-14)9-28-10-19(21-17(24)5-15(23)6-18(21)28)32(30,31)11-20(29)27-16-7-25-12-26-8-16/h1-8,10,12H,9,11H2,(H,27,29). The molecule has 1 amide bonds. The molecule has 2 aromatic carbocycles. The Kier molecular flexibility index (Phi) is 6.02. The number of amides is 1. The number of sulfone groups is 1. The Morgan fingerprint density at radius 2 is 1.88 bits per heavy atom. The van der Waals surface area contributed by atoms with E-state index in [1.807, 2.05) is 12.1 Å². The smallest absolute Gasteiger partial charge is 0.240 e. The van der Waals surface area contributed by atoms with Crippen LogP contribution in [0.25, 0.3) is 10.9 Å². The van der Waals surface area contributed by atoms with Gasteiger partial charge in [-0.1, -0.05) is 28.1 Å². The van der Waals surface area contributed by atoms with Crippen LogP contribution in [0, 0.1) is 11.6 Å². The maximum Gasteiger partial charge on any atom is 0.240 e. The van der Waals surface area contributed by atoms with Gasteiger partial charge in [0.15, 0.2) is 9.84 Å². The Labute approximate surface area is 190 Å². The van der Waals surface area contributed by atoms with Crippen LogP contribution < -0.4 is 5.32 Å². The summed E-state index contributed by atoms with van der Waals surface area (Å²) >= 11 is 3.36. The zero-order valence-electron chi connectivity index (χ0n) is 16.3. The topological polar surface area (TPSA) is 94.0 Å². The van der Waals surface area contributed by atoms with Crippen LogP contribution in [0.5, 0.6) is 0 Å². The number of fused-ring (bicyclic) bond motifs is 1. The van der Waals surface area contributed by atoms with Gasteiger partial charge in [0.2, 0.25) is 5.91 Å². The van der Waals surface area contributed by atoms with Gasteiger partial charge in [0.25, 0.3) is 0 Å². The van der Waals surface area contributed by atoms with Crippen molar-refractivity contribution in [3.63, 3.8) is 0 Å². The average Bonchev–Trinajstić information content (AvgIpc) is 3.08. The SMILES string of the molecule is O=C(CS(=O)(=O)c1cn(Cc2cccc(Br)c2)c2cc(F)cc(F)c12)Nc1cncnc1. The van der Waals surface area contributed by atoms with E-state index in [0.29, 0.717) is 6.07 Å². The van der Waals surface area contributed by atoms with E-state index in [0.717, 1.165) is 16.1 Å².